The van der Waals surface area contributed by atoms with Gasteiger partial charge < -0.3 is 31.5 Å². The Balaban J connectivity index is 2.13. The molecule has 3 amide bonds. The molecule has 10 heteroatoms. The second-order valence-electron chi connectivity index (χ2n) is 8.46. The number of carbonyl (C=O) groups excluding carboxylic acids is 3. The number of aromatic hydroxyl groups is 1. The van der Waals surface area contributed by atoms with Crippen LogP contribution in [-0.4, -0.2) is 69.5 Å². The fourth-order valence-corrected chi connectivity index (χ4v) is 3.56. The number of amides is 3. The Morgan fingerprint density at radius 2 is 1.72 bits per heavy atom. The quantitative estimate of drug-likeness (QED) is 0.355. The summed E-state index contributed by atoms with van der Waals surface area (Å²) in [5, 5.41) is 24.0. The highest BCUT2D eigenvalue weighted by Gasteiger charge is 2.37. The standard InChI is InChI=1S/C22H32N4O6/c1-12(2)18(23)20(29)25-16(11-14-6-8-15(27)9-7-14)19(28)24-13(3)21(30)26-10-4-5-17(26)22(31)32/h6-9,12-13,16-18,27H,4-5,10-11,23H2,1-3H3,(H,24,28)(H,25,29)(H,31,32)/t13-,16-,17-,18-/m0/s1. The molecule has 0 unspecified atom stereocenters. The maximum absolute atomic E-state index is 13.0. The van der Waals surface area contributed by atoms with Crippen molar-refractivity contribution in [2.75, 3.05) is 6.54 Å². The van der Waals surface area contributed by atoms with Crippen LogP contribution in [0.1, 0.15) is 39.2 Å². The lowest BCUT2D eigenvalue weighted by molar-refractivity contribution is -0.149. The van der Waals surface area contributed by atoms with Crippen LogP contribution in [0.25, 0.3) is 0 Å². The van der Waals surface area contributed by atoms with Gasteiger partial charge in [0.2, 0.25) is 17.7 Å². The highest BCUT2D eigenvalue weighted by Crippen LogP contribution is 2.18. The second kappa shape index (κ2) is 10.9. The number of hydrogen-bond acceptors (Lipinski definition) is 6. The van der Waals surface area contributed by atoms with E-state index < -0.39 is 47.9 Å². The Labute approximate surface area is 187 Å². The predicted octanol–water partition coefficient (Wildman–Crippen LogP) is -0.0169. The molecule has 1 heterocycles. The number of hydrogen-bond donors (Lipinski definition) is 5. The molecule has 32 heavy (non-hydrogen) atoms. The Kier molecular flexibility index (Phi) is 8.59. The first-order chi connectivity index (χ1) is 15.0. The van der Waals surface area contributed by atoms with Gasteiger partial charge in [0.25, 0.3) is 0 Å². The molecule has 0 bridgehead atoms. The van der Waals surface area contributed by atoms with Crippen LogP contribution in [0.2, 0.25) is 0 Å². The minimum Gasteiger partial charge on any atom is -0.508 e. The number of aliphatic carboxylic acids is 1. The first-order valence-corrected chi connectivity index (χ1v) is 10.7. The lowest BCUT2D eigenvalue weighted by atomic mass is 10.0. The van der Waals surface area contributed by atoms with Crippen LogP contribution in [-0.2, 0) is 25.6 Å². The molecule has 1 aliphatic heterocycles. The maximum atomic E-state index is 13.0. The van der Waals surface area contributed by atoms with Crippen molar-refractivity contribution in [1.82, 2.24) is 15.5 Å². The van der Waals surface area contributed by atoms with Gasteiger partial charge in [-0.3, -0.25) is 14.4 Å². The Morgan fingerprint density at radius 1 is 1.09 bits per heavy atom. The molecule has 10 nitrogen and oxygen atoms in total. The molecule has 1 fully saturated rings. The number of benzene rings is 1. The third-order valence-corrected chi connectivity index (χ3v) is 5.58. The van der Waals surface area contributed by atoms with Crippen LogP contribution in [0.15, 0.2) is 24.3 Å². The maximum Gasteiger partial charge on any atom is 0.326 e. The van der Waals surface area contributed by atoms with Gasteiger partial charge in [-0.05, 0) is 43.4 Å². The van der Waals surface area contributed by atoms with Crippen LogP contribution in [0.5, 0.6) is 5.75 Å². The second-order valence-corrected chi connectivity index (χ2v) is 8.46. The number of carbonyl (C=O) groups is 4. The van der Waals surface area contributed by atoms with Gasteiger partial charge in [0, 0.05) is 13.0 Å². The van der Waals surface area contributed by atoms with E-state index in [9.17, 15) is 29.4 Å². The molecule has 1 aliphatic rings. The molecular formula is C22H32N4O6. The van der Waals surface area contributed by atoms with Crippen molar-refractivity contribution in [2.45, 2.75) is 64.2 Å². The molecule has 0 aromatic heterocycles. The normalized spacial score (nSPS) is 18.7. The predicted molar refractivity (Wildman–Crippen MR) is 117 cm³/mol. The Bertz CT molecular complexity index is 841. The van der Waals surface area contributed by atoms with Crippen LogP contribution in [0, 0.1) is 5.92 Å². The summed E-state index contributed by atoms with van der Waals surface area (Å²) in [7, 11) is 0. The van der Waals surface area contributed by atoms with E-state index in [1.54, 1.807) is 26.0 Å². The van der Waals surface area contributed by atoms with E-state index in [1.807, 2.05) is 0 Å². The molecule has 2 rings (SSSR count). The van der Waals surface area contributed by atoms with Gasteiger partial charge in [0.05, 0.1) is 6.04 Å². The van der Waals surface area contributed by atoms with Crippen LogP contribution in [0.4, 0.5) is 0 Å². The molecule has 4 atom stereocenters. The lowest BCUT2D eigenvalue weighted by Gasteiger charge is -2.27. The third kappa shape index (κ3) is 6.43. The number of carboxylic acids is 1. The SMILES string of the molecule is CC(C)[C@H](N)C(=O)N[C@@H](Cc1ccc(O)cc1)C(=O)N[C@@H](C)C(=O)N1CCC[C@H]1C(=O)O. The molecule has 0 saturated carbocycles. The van der Waals surface area contributed by atoms with E-state index in [4.69, 9.17) is 5.73 Å². The average Bonchev–Trinajstić information content (AvgIpc) is 3.23. The van der Waals surface area contributed by atoms with Gasteiger partial charge in [-0.1, -0.05) is 26.0 Å². The van der Waals surface area contributed by atoms with Crippen LogP contribution < -0.4 is 16.4 Å². The molecule has 1 aromatic rings. The van der Waals surface area contributed by atoms with Crippen molar-refractivity contribution in [1.29, 1.82) is 0 Å². The van der Waals surface area contributed by atoms with Gasteiger partial charge in [0.15, 0.2) is 0 Å². The number of nitrogens with zero attached hydrogens (tertiary/aromatic N) is 1. The molecular weight excluding hydrogens is 416 g/mol. The number of phenols is 1. The molecule has 6 N–H and O–H groups in total. The largest absolute Gasteiger partial charge is 0.508 e. The van der Waals surface area contributed by atoms with E-state index >= 15 is 0 Å². The van der Waals surface area contributed by atoms with Crippen LogP contribution >= 0.6 is 0 Å². The summed E-state index contributed by atoms with van der Waals surface area (Å²) in [5.41, 5.74) is 6.59. The summed E-state index contributed by atoms with van der Waals surface area (Å²) in [6, 6.07) is 2.49. The van der Waals surface area contributed by atoms with Gasteiger partial charge >= 0.3 is 5.97 Å². The molecule has 0 spiro atoms. The Morgan fingerprint density at radius 3 is 2.28 bits per heavy atom. The zero-order chi connectivity index (χ0) is 24.0. The first kappa shape index (κ1) is 25.1. The van der Waals surface area contributed by atoms with Crippen LogP contribution in [0.3, 0.4) is 0 Å². The summed E-state index contributed by atoms with van der Waals surface area (Å²) >= 11 is 0. The minimum absolute atomic E-state index is 0.0680. The molecule has 176 valence electrons. The van der Waals surface area contributed by atoms with Crippen molar-refractivity contribution in [2.24, 2.45) is 11.7 Å². The fraction of sp³-hybridized carbons (Fsp3) is 0.545. The van der Waals surface area contributed by atoms with Gasteiger partial charge in [-0.15, -0.1) is 0 Å². The van der Waals surface area contributed by atoms with E-state index in [-0.39, 0.29) is 18.1 Å². The van der Waals surface area contributed by atoms with Gasteiger partial charge in [-0.25, -0.2) is 4.79 Å². The van der Waals surface area contributed by atoms with E-state index in [1.165, 1.54) is 24.0 Å². The summed E-state index contributed by atoms with van der Waals surface area (Å²) in [6.07, 6.45) is 1.06. The summed E-state index contributed by atoms with van der Waals surface area (Å²) in [4.78, 5) is 50.9. The molecule has 1 saturated heterocycles. The van der Waals surface area contributed by atoms with E-state index in [2.05, 4.69) is 10.6 Å². The number of carboxylic acid groups (broad SMARTS) is 1. The van der Waals surface area contributed by atoms with Crippen molar-refractivity contribution in [3.63, 3.8) is 0 Å². The molecule has 0 radical (unpaired) electrons. The van der Waals surface area contributed by atoms with Crippen molar-refractivity contribution >= 4 is 23.7 Å². The lowest BCUT2D eigenvalue weighted by Crippen LogP contribution is -2.57. The number of rotatable bonds is 9. The highest BCUT2D eigenvalue weighted by molar-refractivity contribution is 5.94. The smallest absolute Gasteiger partial charge is 0.326 e. The van der Waals surface area contributed by atoms with Crippen molar-refractivity contribution < 1.29 is 29.4 Å². The molecule has 1 aromatic carbocycles. The minimum atomic E-state index is -1.07. The van der Waals surface area contributed by atoms with E-state index in [0.717, 1.165) is 0 Å². The van der Waals surface area contributed by atoms with Crippen molar-refractivity contribution in [3.8, 4) is 5.75 Å². The first-order valence-electron chi connectivity index (χ1n) is 10.7. The number of likely N-dealkylation sites (tertiary alicyclic amines) is 1. The Hall–Kier alpha value is -3.14. The summed E-state index contributed by atoms with van der Waals surface area (Å²) in [5.74, 6) is -2.72. The van der Waals surface area contributed by atoms with Crippen molar-refractivity contribution in [3.05, 3.63) is 29.8 Å². The third-order valence-electron chi connectivity index (χ3n) is 5.58. The zero-order valence-electron chi connectivity index (χ0n) is 18.6. The molecule has 0 aliphatic carbocycles. The van der Waals surface area contributed by atoms with Gasteiger partial charge in [0.1, 0.15) is 23.9 Å². The monoisotopic (exact) mass is 448 g/mol. The topological polar surface area (TPSA) is 162 Å². The summed E-state index contributed by atoms with van der Waals surface area (Å²) < 4.78 is 0. The number of nitrogens with two attached hydrogens (primary N) is 1. The fourth-order valence-electron chi connectivity index (χ4n) is 3.56. The zero-order valence-corrected chi connectivity index (χ0v) is 18.6. The van der Waals surface area contributed by atoms with E-state index in [0.29, 0.717) is 24.9 Å². The average molecular weight is 449 g/mol. The highest BCUT2D eigenvalue weighted by atomic mass is 16.4. The van der Waals surface area contributed by atoms with Gasteiger partial charge in [-0.2, -0.15) is 0 Å². The number of nitrogens with one attached hydrogen (secondary N) is 2. The number of phenolic OH excluding ortho intramolecular Hbond substituents is 1. The summed E-state index contributed by atoms with van der Waals surface area (Å²) in [6.45, 7) is 5.37.